The second-order valence-corrected chi connectivity index (χ2v) is 10.9. The molecule has 4 atom stereocenters. The van der Waals surface area contributed by atoms with Crippen molar-refractivity contribution in [2.45, 2.75) is 77.3 Å². The molecule has 3 fully saturated rings. The Bertz CT molecular complexity index is 1340. The van der Waals surface area contributed by atoms with Gasteiger partial charge in [0.1, 0.15) is 23.7 Å². The summed E-state index contributed by atoms with van der Waals surface area (Å²) < 4.78 is 19.7. The Balaban J connectivity index is 1.10. The van der Waals surface area contributed by atoms with E-state index in [0.29, 0.717) is 35.8 Å². The molecule has 1 N–H and O–H groups in total. The first-order valence-corrected chi connectivity index (χ1v) is 13.8. The highest BCUT2D eigenvalue weighted by Gasteiger charge is 2.47. The largest absolute Gasteiger partial charge is 0.489 e. The van der Waals surface area contributed by atoms with Crippen molar-refractivity contribution in [1.82, 2.24) is 29.9 Å². The molecule has 11 heteroatoms. The van der Waals surface area contributed by atoms with Crippen molar-refractivity contribution in [2.24, 2.45) is 24.8 Å². The second-order valence-electron chi connectivity index (χ2n) is 10.9. The predicted octanol–water partition coefficient (Wildman–Crippen LogP) is 3.89. The summed E-state index contributed by atoms with van der Waals surface area (Å²) in [5.41, 5.74) is 3.58. The van der Waals surface area contributed by atoms with Gasteiger partial charge in [0.15, 0.2) is 0 Å². The van der Waals surface area contributed by atoms with Crippen LogP contribution < -0.4 is 9.47 Å². The summed E-state index contributed by atoms with van der Waals surface area (Å²) in [5.74, 6) is 0.446. The summed E-state index contributed by atoms with van der Waals surface area (Å²) in [4.78, 5) is 25.1. The number of fused-ring (bicyclic) bond motifs is 1. The first-order valence-electron chi connectivity index (χ1n) is 13.8. The third-order valence-electron chi connectivity index (χ3n) is 8.45. The average Bonchev–Trinajstić information content (AvgIpc) is 3.57. The fourth-order valence-corrected chi connectivity index (χ4v) is 6.06. The van der Waals surface area contributed by atoms with E-state index in [9.17, 15) is 9.90 Å². The van der Waals surface area contributed by atoms with Gasteiger partial charge >= 0.3 is 12.0 Å². The first-order chi connectivity index (χ1) is 18.9. The number of aliphatic carboxylic acids is 1. The summed E-state index contributed by atoms with van der Waals surface area (Å²) >= 11 is 0. The van der Waals surface area contributed by atoms with Crippen LogP contribution in [0.4, 0.5) is 0 Å². The molecule has 0 bridgehead atoms. The van der Waals surface area contributed by atoms with Gasteiger partial charge in [0, 0.05) is 13.2 Å². The minimum Gasteiger partial charge on any atom is -0.489 e. The van der Waals surface area contributed by atoms with Gasteiger partial charge in [-0.15, -0.1) is 5.10 Å². The lowest BCUT2D eigenvalue weighted by atomic mass is 9.92. The molecule has 0 spiro atoms. The minimum absolute atomic E-state index is 0.0175. The van der Waals surface area contributed by atoms with E-state index in [1.165, 1.54) is 6.42 Å². The number of nitrogens with zero attached hydrogens (tertiary/aromatic N) is 6. The van der Waals surface area contributed by atoms with Crippen molar-refractivity contribution in [2.75, 3.05) is 0 Å². The molecule has 0 aromatic carbocycles. The van der Waals surface area contributed by atoms with Gasteiger partial charge in [-0.1, -0.05) is 5.21 Å². The SMILES string of the molecule is Cc1nc(-c2nnn(C)c2COc2nccc(COC3CCC3)n2)ccc1OC1CC2CCC(C(=O)O)C2C1. The number of carbonyl (C=O) groups is 1. The van der Waals surface area contributed by atoms with E-state index in [2.05, 4.69) is 20.3 Å². The summed E-state index contributed by atoms with van der Waals surface area (Å²) in [6.07, 6.45) is 8.91. The number of ether oxygens (including phenoxy) is 3. The molecular formula is C28H34N6O5. The Labute approximate surface area is 226 Å². The molecule has 0 radical (unpaired) electrons. The fourth-order valence-electron chi connectivity index (χ4n) is 6.06. The van der Waals surface area contributed by atoms with Crippen LogP contribution in [-0.4, -0.2) is 53.2 Å². The molecule has 6 rings (SSSR count). The molecule has 4 unspecified atom stereocenters. The topological polar surface area (TPSA) is 134 Å². The number of hydrogen-bond acceptors (Lipinski definition) is 9. The van der Waals surface area contributed by atoms with Crippen LogP contribution >= 0.6 is 0 Å². The number of hydrogen-bond donors (Lipinski definition) is 1. The van der Waals surface area contributed by atoms with Crippen molar-refractivity contribution in [3.8, 4) is 23.1 Å². The Morgan fingerprint density at radius 2 is 1.95 bits per heavy atom. The highest BCUT2D eigenvalue weighted by molar-refractivity contribution is 5.71. The molecular weight excluding hydrogens is 500 g/mol. The zero-order valence-corrected chi connectivity index (χ0v) is 22.3. The van der Waals surface area contributed by atoms with Crippen LogP contribution in [-0.2, 0) is 29.8 Å². The van der Waals surface area contributed by atoms with Crippen molar-refractivity contribution in [1.29, 1.82) is 0 Å². The number of carboxylic acids is 1. The lowest BCUT2D eigenvalue weighted by molar-refractivity contribution is -0.143. The maximum atomic E-state index is 11.6. The maximum Gasteiger partial charge on any atom is 0.317 e. The Morgan fingerprint density at radius 3 is 2.72 bits per heavy atom. The van der Waals surface area contributed by atoms with Crippen molar-refractivity contribution >= 4 is 5.97 Å². The third kappa shape index (κ3) is 5.45. The number of carboxylic acid groups (broad SMARTS) is 1. The van der Waals surface area contributed by atoms with E-state index in [0.717, 1.165) is 55.6 Å². The molecule has 3 aliphatic carbocycles. The van der Waals surface area contributed by atoms with Crippen LogP contribution in [0.3, 0.4) is 0 Å². The van der Waals surface area contributed by atoms with Gasteiger partial charge in [-0.05, 0) is 81.9 Å². The highest BCUT2D eigenvalue weighted by atomic mass is 16.5. The standard InChI is InChI=1S/C28H34N6O5/c1-16-25(39-20-12-17-6-7-21(27(35)36)22(17)13-20)9-8-23(30-16)26-24(34(2)33-32-26)15-38-28-29-11-10-18(31-28)14-37-19-4-3-5-19/h8-11,17,19-22H,3-7,12-15H2,1-2H3,(H,35,36). The Morgan fingerprint density at radius 1 is 1.08 bits per heavy atom. The van der Waals surface area contributed by atoms with Gasteiger partial charge < -0.3 is 19.3 Å². The molecule has 11 nitrogen and oxygen atoms in total. The second kappa shape index (κ2) is 10.9. The van der Waals surface area contributed by atoms with Crippen LogP contribution in [0.15, 0.2) is 24.4 Å². The van der Waals surface area contributed by atoms with Crippen LogP contribution in [0, 0.1) is 24.7 Å². The van der Waals surface area contributed by atoms with Crippen LogP contribution in [0.5, 0.6) is 11.8 Å². The summed E-state index contributed by atoms with van der Waals surface area (Å²) in [6, 6.07) is 5.90. The monoisotopic (exact) mass is 534 g/mol. The lowest BCUT2D eigenvalue weighted by Crippen LogP contribution is -2.21. The van der Waals surface area contributed by atoms with Crippen molar-refractivity contribution in [3.05, 3.63) is 41.5 Å². The van der Waals surface area contributed by atoms with Crippen LogP contribution in [0.2, 0.25) is 0 Å². The fraction of sp³-hybridized carbons (Fsp3) is 0.571. The molecule has 39 heavy (non-hydrogen) atoms. The van der Waals surface area contributed by atoms with Gasteiger partial charge in [-0.25, -0.2) is 14.6 Å². The number of aromatic nitrogens is 6. The van der Waals surface area contributed by atoms with E-state index < -0.39 is 5.97 Å². The molecule has 0 saturated heterocycles. The van der Waals surface area contributed by atoms with Crippen LogP contribution in [0.1, 0.15) is 62.0 Å². The van der Waals surface area contributed by atoms with E-state index >= 15 is 0 Å². The zero-order valence-electron chi connectivity index (χ0n) is 22.3. The molecule has 3 aromatic rings. The van der Waals surface area contributed by atoms with E-state index in [1.54, 1.807) is 10.9 Å². The van der Waals surface area contributed by atoms with E-state index in [-0.39, 0.29) is 30.6 Å². The normalized spacial score (nSPS) is 24.4. The molecule has 3 aliphatic rings. The van der Waals surface area contributed by atoms with Gasteiger partial charge in [-0.3, -0.25) is 4.79 Å². The van der Waals surface area contributed by atoms with E-state index in [1.807, 2.05) is 32.2 Å². The van der Waals surface area contributed by atoms with Gasteiger partial charge in [-0.2, -0.15) is 4.98 Å². The minimum atomic E-state index is -0.675. The predicted molar refractivity (Wildman–Crippen MR) is 139 cm³/mol. The lowest BCUT2D eigenvalue weighted by Gasteiger charge is -2.25. The molecule has 0 amide bonds. The smallest absolute Gasteiger partial charge is 0.317 e. The quantitative estimate of drug-likeness (QED) is 0.408. The van der Waals surface area contributed by atoms with Gasteiger partial charge in [0.25, 0.3) is 0 Å². The maximum absolute atomic E-state index is 11.6. The zero-order chi connectivity index (χ0) is 26.9. The summed E-state index contributed by atoms with van der Waals surface area (Å²) in [7, 11) is 1.81. The number of rotatable bonds is 10. The van der Waals surface area contributed by atoms with Gasteiger partial charge in [0.05, 0.1) is 41.8 Å². The molecule has 3 heterocycles. The van der Waals surface area contributed by atoms with E-state index in [4.69, 9.17) is 19.2 Å². The Kier molecular flexibility index (Phi) is 7.16. The van der Waals surface area contributed by atoms with Gasteiger partial charge in [0.2, 0.25) is 0 Å². The molecule has 206 valence electrons. The molecule has 0 aliphatic heterocycles. The van der Waals surface area contributed by atoms with Crippen molar-refractivity contribution < 1.29 is 24.1 Å². The number of pyridine rings is 1. The molecule has 3 saturated carbocycles. The number of aryl methyl sites for hydroxylation is 2. The summed E-state index contributed by atoms with van der Waals surface area (Å²) in [5, 5.41) is 18.0. The van der Waals surface area contributed by atoms with Crippen molar-refractivity contribution in [3.63, 3.8) is 0 Å². The third-order valence-corrected chi connectivity index (χ3v) is 8.45. The van der Waals surface area contributed by atoms with Crippen LogP contribution in [0.25, 0.3) is 11.4 Å². The summed E-state index contributed by atoms with van der Waals surface area (Å²) in [6.45, 7) is 2.54. The molecule has 3 aromatic heterocycles. The first kappa shape index (κ1) is 25.7. The highest BCUT2D eigenvalue weighted by Crippen LogP contribution is 2.48. The average molecular weight is 535 g/mol. The Hall–Kier alpha value is -3.60.